The summed E-state index contributed by atoms with van der Waals surface area (Å²) < 4.78 is 28.1. The van der Waals surface area contributed by atoms with Crippen LogP contribution in [0.4, 0.5) is 5.82 Å². The van der Waals surface area contributed by atoms with Gasteiger partial charge in [0.2, 0.25) is 10.0 Å². The van der Waals surface area contributed by atoms with Crippen LogP contribution in [0.1, 0.15) is 12.8 Å². The van der Waals surface area contributed by atoms with Gasteiger partial charge >= 0.3 is 0 Å². The van der Waals surface area contributed by atoms with Crippen molar-refractivity contribution in [2.45, 2.75) is 23.8 Å². The molecule has 1 atom stereocenters. The van der Waals surface area contributed by atoms with Crippen molar-refractivity contribution >= 4 is 31.8 Å². The smallest absolute Gasteiger partial charge is 0.244 e. The largest absolute Gasteiger partial charge is 0.372 e. The maximum absolute atomic E-state index is 12.4. The van der Waals surface area contributed by atoms with E-state index >= 15 is 0 Å². The first-order chi connectivity index (χ1) is 9.44. The van der Waals surface area contributed by atoms with E-state index in [2.05, 4.69) is 35.9 Å². The fourth-order valence-corrected chi connectivity index (χ4v) is 4.08. The number of sulfonamides is 1. The van der Waals surface area contributed by atoms with E-state index in [0.29, 0.717) is 16.8 Å². The van der Waals surface area contributed by atoms with E-state index < -0.39 is 10.0 Å². The Bertz CT molecular complexity index is 579. The molecule has 2 N–H and O–H groups in total. The monoisotopic (exact) mass is 362 g/mol. The van der Waals surface area contributed by atoms with Crippen molar-refractivity contribution in [2.75, 3.05) is 32.5 Å². The molecule has 112 valence electrons. The van der Waals surface area contributed by atoms with Gasteiger partial charge in [0.15, 0.2) is 0 Å². The summed E-state index contributed by atoms with van der Waals surface area (Å²) in [6, 6.07) is 1.82. The second-order valence-electron chi connectivity index (χ2n) is 4.88. The van der Waals surface area contributed by atoms with Crippen LogP contribution in [-0.2, 0) is 10.0 Å². The number of hydrogen-bond acceptors (Lipinski definition) is 5. The highest BCUT2D eigenvalue weighted by molar-refractivity contribution is 9.10. The highest BCUT2D eigenvalue weighted by atomic mass is 79.9. The Morgan fingerprint density at radius 2 is 2.30 bits per heavy atom. The molecule has 8 heteroatoms. The highest BCUT2D eigenvalue weighted by Crippen LogP contribution is 2.23. The molecule has 1 aliphatic rings. The van der Waals surface area contributed by atoms with Crippen LogP contribution in [0, 0.1) is 0 Å². The topological polar surface area (TPSA) is 74.3 Å². The number of rotatable bonds is 5. The lowest BCUT2D eigenvalue weighted by atomic mass is 10.2. The second-order valence-corrected chi connectivity index (χ2v) is 7.53. The van der Waals surface area contributed by atoms with Crippen LogP contribution in [-0.4, -0.2) is 51.5 Å². The van der Waals surface area contributed by atoms with Crippen molar-refractivity contribution in [3.63, 3.8) is 0 Å². The highest BCUT2D eigenvalue weighted by Gasteiger charge is 2.25. The summed E-state index contributed by atoms with van der Waals surface area (Å²) in [5, 5.41) is 2.80. The van der Waals surface area contributed by atoms with Crippen molar-refractivity contribution in [1.29, 1.82) is 0 Å². The van der Waals surface area contributed by atoms with Gasteiger partial charge in [0.05, 0.1) is 0 Å². The minimum atomic E-state index is -3.57. The van der Waals surface area contributed by atoms with Gasteiger partial charge in [-0.25, -0.2) is 18.1 Å². The van der Waals surface area contributed by atoms with Gasteiger partial charge in [-0.2, -0.15) is 0 Å². The van der Waals surface area contributed by atoms with Gasteiger partial charge in [0.25, 0.3) is 0 Å². The molecule has 1 unspecified atom stereocenters. The molecule has 1 aromatic heterocycles. The predicted molar refractivity (Wildman–Crippen MR) is 82.3 cm³/mol. The summed E-state index contributed by atoms with van der Waals surface area (Å²) >= 11 is 3.25. The molecule has 2 rings (SSSR count). The molecule has 0 aromatic carbocycles. The third-order valence-electron chi connectivity index (χ3n) is 3.53. The van der Waals surface area contributed by atoms with Gasteiger partial charge in [0.1, 0.15) is 10.7 Å². The van der Waals surface area contributed by atoms with Crippen LogP contribution in [0.15, 0.2) is 21.6 Å². The van der Waals surface area contributed by atoms with Gasteiger partial charge < -0.3 is 10.2 Å². The first kappa shape index (κ1) is 15.7. The predicted octanol–water partition coefficient (Wildman–Crippen LogP) is 1.26. The number of pyridine rings is 1. The lowest BCUT2D eigenvalue weighted by Gasteiger charge is -2.20. The Kier molecular flexibility index (Phi) is 5.00. The quantitative estimate of drug-likeness (QED) is 0.824. The molecular formula is C12H19BrN4O2S. The van der Waals surface area contributed by atoms with Crippen LogP contribution >= 0.6 is 15.9 Å². The number of nitrogens with zero attached hydrogens (tertiary/aromatic N) is 2. The molecule has 2 heterocycles. The average molecular weight is 363 g/mol. The molecule has 0 spiro atoms. The van der Waals surface area contributed by atoms with Crippen LogP contribution < -0.4 is 10.0 Å². The van der Waals surface area contributed by atoms with Gasteiger partial charge in [-0.05, 0) is 48.4 Å². The number of likely N-dealkylation sites (tertiary alicyclic amines) is 1. The summed E-state index contributed by atoms with van der Waals surface area (Å²) in [7, 11) is 0.104. The van der Waals surface area contributed by atoms with Crippen molar-refractivity contribution in [1.82, 2.24) is 14.6 Å². The molecule has 6 nitrogen and oxygen atoms in total. The fourth-order valence-electron chi connectivity index (χ4n) is 2.33. The summed E-state index contributed by atoms with van der Waals surface area (Å²) in [6.45, 7) is 1.45. The van der Waals surface area contributed by atoms with Crippen LogP contribution in [0.2, 0.25) is 0 Å². The molecule has 1 fully saturated rings. The zero-order chi connectivity index (χ0) is 14.8. The van der Waals surface area contributed by atoms with E-state index in [1.807, 2.05) is 7.05 Å². The molecule has 20 heavy (non-hydrogen) atoms. The second kappa shape index (κ2) is 6.38. The Morgan fingerprint density at radius 1 is 1.55 bits per heavy atom. The Morgan fingerprint density at radius 3 is 2.90 bits per heavy atom. The molecule has 0 amide bonds. The van der Waals surface area contributed by atoms with Crippen LogP contribution in [0.25, 0.3) is 0 Å². The van der Waals surface area contributed by atoms with Gasteiger partial charge in [-0.1, -0.05) is 0 Å². The van der Waals surface area contributed by atoms with E-state index in [1.54, 1.807) is 19.3 Å². The van der Waals surface area contributed by atoms with Gasteiger partial charge in [-0.3, -0.25) is 0 Å². The average Bonchev–Trinajstić information content (AvgIpc) is 2.82. The summed E-state index contributed by atoms with van der Waals surface area (Å²) in [6.07, 6.45) is 3.70. The first-order valence-electron chi connectivity index (χ1n) is 6.47. The Balaban J connectivity index is 2.15. The third kappa shape index (κ3) is 3.49. The zero-order valence-electron chi connectivity index (χ0n) is 11.6. The number of anilines is 1. The lowest BCUT2D eigenvalue weighted by molar-refractivity contribution is 0.311. The van der Waals surface area contributed by atoms with Crippen LogP contribution in [0.5, 0.6) is 0 Å². The SMILES string of the molecule is CNc1ncc(Br)cc1S(=O)(=O)NCC1CCCN1C. The number of aromatic nitrogens is 1. The lowest BCUT2D eigenvalue weighted by Crippen LogP contribution is -2.38. The maximum atomic E-state index is 12.4. The molecule has 0 saturated carbocycles. The Labute approximate surface area is 128 Å². The fraction of sp³-hybridized carbons (Fsp3) is 0.583. The van der Waals surface area contributed by atoms with E-state index in [0.717, 1.165) is 19.4 Å². The van der Waals surface area contributed by atoms with E-state index in [9.17, 15) is 8.42 Å². The molecule has 0 bridgehead atoms. The number of halogens is 1. The summed E-state index contributed by atoms with van der Waals surface area (Å²) in [5.41, 5.74) is 0. The molecule has 0 radical (unpaired) electrons. The van der Waals surface area contributed by atoms with Crippen molar-refractivity contribution < 1.29 is 8.42 Å². The van der Waals surface area contributed by atoms with Crippen LogP contribution in [0.3, 0.4) is 0 Å². The number of nitrogens with one attached hydrogen (secondary N) is 2. The summed E-state index contributed by atoms with van der Waals surface area (Å²) in [5.74, 6) is 0.348. The standard InChI is InChI=1S/C12H19BrN4O2S/c1-14-12-11(6-9(13)7-15-12)20(18,19)16-8-10-4-3-5-17(10)2/h6-7,10,16H,3-5,8H2,1-2H3,(H,14,15). The van der Waals surface area contributed by atoms with Crippen molar-refractivity contribution in [3.05, 3.63) is 16.7 Å². The van der Waals surface area contributed by atoms with Gasteiger partial charge in [0, 0.05) is 30.3 Å². The first-order valence-corrected chi connectivity index (χ1v) is 8.75. The maximum Gasteiger partial charge on any atom is 0.244 e. The minimum absolute atomic E-state index is 0.162. The number of hydrogen-bond donors (Lipinski definition) is 2. The molecule has 1 aliphatic heterocycles. The summed E-state index contributed by atoms with van der Waals surface area (Å²) in [4.78, 5) is 6.41. The number of likely N-dealkylation sites (N-methyl/N-ethyl adjacent to an activating group) is 1. The van der Waals surface area contributed by atoms with Crippen molar-refractivity contribution in [3.8, 4) is 0 Å². The third-order valence-corrected chi connectivity index (χ3v) is 5.40. The molecule has 0 aliphatic carbocycles. The molecular weight excluding hydrogens is 344 g/mol. The molecule has 1 aromatic rings. The molecule has 1 saturated heterocycles. The van der Waals surface area contributed by atoms with E-state index in [1.165, 1.54) is 0 Å². The van der Waals surface area contributed by atoms with Gasteiger partial charge in [-0.15, -0.1) is 0 Å². The Hall–Kier alpha value is -0.700. The van der Waals surface area contributed by atoms with E-state index in [-0.39, 0.29) is 10.9 Å². The van der Waals surface area contributed by atoms with Crippen molar-refractivity contribution in [2.24, 2.45) is 0 Å². The minimum Gasteiger partial charge on any atom is -0.372 e. The van der Waals surface area contributed by atoms with E-state index in [4.69, 9.17) is 0 Å². The zero-order valence-corrected chi connectivity index (χ0v) is 14.0. The normalized spacial score (nSPS) is 20.2.